The molecule has 1 aromatic carbocycles. The van der Waals surface area contributed by atoms with E-state index in [1.165, 1.54) is 29.0 Å². The number of benzene rings is 1. The fourth-order valence-corrected chi connectivity index (χ4v) is 2.12. The van der Waals surface area contributed by atoms with Crippen LogP contribution in [0.5, 0.6) is 0 Å². The van der Waals surface area contributed by atoms with Crippen molar-refractivity contribution in [1.82, 2.24) is 4.57 Å². The first-order valence-electron chi connectivity index (χ1n) is 5.82. The molecule has 0 radical (unpaired) electrons. The molecule has 0 unspecified atom stereocenters. The number of nitrogens with zero attached hydrogens (tertiary/aromatic N) is 1. The van der Waals surface area contributed by atoms with E-state index in [-0.39, 0.29) is 11.1 Å². The summed E-state index contributed by atoms with van der Waals surface area (Å²) in [6.07, 6.45) is 1.51. The number of amides is 1. The van der Waals surface area contributed by atoms with Crippen molar-refractivity contribution in [3.63, 3.8) is 0 Å². The Hall–Kier alpha value is -1.95. The molecule has 0 atom stereocenters. The Morgan fingerprint density at radius 2 is 2.05 bits per heavy atom. The molecule has 2 rings (SSSR count). The molecule has 20 heavy (non-hydrogen) atoms. The lowest BCUT2D eigenvalue weighted by Crippen LogP contribution is -2.20. The summed E-state index contributed by atoms with van der Waals surface area (Å²) in [7, 11) is 1.60. The van der Waals surface area contributed by atoms with E-state index in [0.717, 1.165) is 5.56 Å². The summed E-state index contributed by atoms with van der Waals surface area (Å²) in [6, 6.07) is 5.58. The van der Waals surface area contributed by atoms with Crippen LogP contribution in [-0.4, -0.2) is 10.5 Å². The van der Waals surface area contributed by atoms with Gasteiger partial charge in [0.2, 0.25) is 0 Å². The highest BCUT2D eigenvalue weighted by Crippen LogP contribution is 2.24. The fraction of sp³-hybridized carbons (Fsp3) is 0.143. The summed E-state index contributed by atoms with van der Waals surface area (Å²) < 4.78 is 15.2. The summed E-state index contributed by atoms with van der Waals surface area (Å²) in [5, 5.41) is 2.59. The average Bonchev–Trinajstić information content (AvgIpc) is 2.39. The van der Waals surface area contributed by atoms with Crippen molar-refractivity contribution < 1.29 is 9.18 Å². The minimum Gasteiger partial charge on any atom is -0.322 e. The maximum Gasteiger partial charge on any atom is 0.255 e. The first-order chi connectivity index (χ1) is 9.38. The smallest absolute Gasteiger partial charge is 0.255 e. The van der Waals surface area contributed by atoms with Crippen LogP contribution in [0.1, 0.15) is 15.9 Å². The Morgan fingerprint density at radius 3 is 2.70 bits per heavy atom. The van der Waals surface area contributed by atoms with Crippen LogP contribution in [0.3, 0.4) is 0 Å². The number of pyridine rings is 1. The van der Waals surface area contributed by atoms with E-state index < -0.39 is 11.7 Å². The SMILES string of the molecule is Cc1cc(Br)c(F)cc1NC(=O)c1ccn(C)c(=O)c1. The highest BCUT2D eigenvalue weighted by molar-refractivity contribution is 9.10. The molecule has 4 nitrogen and oxygen atoms in total. The second-order valence-electron chi connectivity index (χ2n) is 4.40. The average molecular weight is 339 g/mol. The van der Waals surface area contributed by atoms with Gasteiger partial charge in [-0.3, -0.25) is 9.59 Å². The molecule has 104 valence electrons. The summed E-state index contributed by atoms with van der Waals surface area (Å²) in [5.41, 5.74) is 1.04. The van der Waals surface area contributed by atoms with Crippen LogP contribution >= 0.6 is 15.9 Å². The second kappa shape index (κ2) is 5.58. The van der Waals surface area contributed by atoms with Gasteiger partial charge in [-0.25, -0.2) is 4.39 Å². The molecular weight excluding hydrogens is 327 g/mol. The first-order valence-corrected chi connectivity index (χ1v) is 6.61. The lowest BCUT2D eigenvalue weighted by atomic mass is 10.2. The molecule has 0 spiro atoms. The van der Waals surface area contributed by atoms with Crippen LogP contribution in [0, 0.1) is 12.7 Å². The second-order valence-corrected chi connectivity index (χ2v) is 5.25. The number of halogens is 2. The zero-order valence-electron chi connectivity index (χ0n) is 10.9. The zero-order chi connectivity index (χ0) is 14.9. The zero-order valence-corrected chi connectivity index (χ0v) is 12.5. The van der Waals surface area contributed by atoms with E-state index in [4.69, 9.17) is 0 Å². The van der Waals surface area contributed by atoms with Gasteiger partial charge in [-0.05, 0) is 46.6 Å². The van der Waals surface area contributed by atoms with Gasteiger partial charge in [-0.1, -0.05) is 0 Å². The Morgan fingerprint density at radius 1 is 1.35 bits per heavy atom. The molecule has 0 aliphatic heterocycles. The van der Waals surface area contributed by atoms with Crippen molar-refractivity contribution in [1.29, 1.82) is 0 Å². The highest BCUT2D eigenvalue weighted by atomic mass is 79.9. The molecule has 1 amide bonds. The third-order valence-corrected chi connectivity index (χ3v) is 3.49. The van der Waals surface area contributed by atoms with E-state index in [9.17, 15) is 14.0 Å². The molecule has 0 aliphatic rings. The number of carbonyl (C=O) groups is 1. The van der Waals surface area contributed by atoms with Gasteiger partial charge in [-0.15, -0.1) is 0 Å². The van der Waals surface area contributed by atoms with Gasteiger partial charge in [0, 0.05) is 30.6 Å². The van der Waals surface area contributed by atoms with E-state index >= 15 is 0 Å². The van der Waals surface area contributed by atoms with E-state index in [1.807, 2.05) is 0 Å². The molecule has 0 saturated carbocycles. The van der Waals surface area contributed by atoms with Gasteiger partial charge in [0.15, 0.2) is 0 Å². The molecule has 0 aliphatic carbocycles. The van der Waals surface area contributed by atoms with Crippen LogP contribution in [0.2, 0.25) is 0 Å². The largest absolute Gasteiger partial charge is 0.322 e. The molecule has 1 aromatic heterocycles. The quantitative estimate of drug-likeness (QED) is 0.915. The Bertz CT molecular complexity index is 740. The summed E-state index contributed by atoms with van der Waals surface area (Å²) in [4.78, 5) is 23.5. The molecule has 0 bridgehead atoms. The summed E-state index contributed by atoms with van der Waals surface area (Å²) in [6.45, 7) is 1.75. The molecule has 6 heteroatoms. The van der Waals surface area contributed by atoms with Crippen molar-refractivity contribution in [2.45, 2.75) is 6.92 Å². The molecule has 2 aromatic rings. The van der Waals surface area contributed by atoms with Crippen LogP contribution < -0.4 is 10.9 Å². The predicted molar refractivity (Wildman–Crippen MR) is 78.5 cm³/mol. The van der Waals surface area contributed by atoms with Gasteiger partial charge in [-0.2, -0.15) is 0 Å². The number of hydrogen-bond donors (Lipinski definition) is 1. The summed E-state index contributed by atoms with van der Waals surface area (Å²) in [5.74, 6) is -0.914. The monoisotopic (exact) mass is 338 g/mol. The first kappa shape index (κ1) is 14.5. The van der Waals surface area contributed by atoms with Crippen molar-refractivity contribution in [2.75, 3.05) is 5.32 Å². The maximum absolute atomic E-state index is 13.5. The fourth-order valence-electron chi connectivity index (χ4n) is 1.67. The number of aromatic nitrogens is 1. The number of carbonyl (C=O) groups excluding carboxylic acids is 1. The minimum atomic E-state index is -0.463. The normalized spacial score (nSPS) is 10.4. The van der Waals surface area contributed by atoms with E-state index in [2.05, 4.69) is 21.2 Å². The van der Waals surface area contributed by atoms with E-state index in [0.29, 0.717) is 10.2 Å². The van der Waals surface area contributed by atoms with Gasteiger partial charge >= 0.3 is 0 Å². The van der Waals surface area contributed by atoms with Gasteiger partial charge in [0.05, 0.1) is 4.47 Å². The van der Waals surface area contributed by atoms with Crippen LogP contribution in [0.4, 0.5) is 10.1 Å². The minimum absolute atomic E-state index is 0.232. The third-order valence-electron chi connectivity index (χ3n) is 2.88. The summed E-state index contributed by atoms with van der Waals surface area (Å²) >= 11 is 3.08. The third kappa shape index (κ3) is 2.96. The lowest BCUT2D eigenvalue weighted by molar-refractivity contribution is 0.102. The van der Waals surface area contributed by atoms with Crippen molar-refractivity contribution in [2.24, 2.45) is 7.05 Å². The Labute approximate surface area is 123 Å². The lowest BCUT2D eigenvalue weighted by Gasteiger charge is -2.09. The predicted octanol–water partition coefficient (Wildman–Crippen LogP) is 2.85. The number of nitrogens with one attached hydrogen (secondary N) is 1. The molecular formula is C14H12BrFN2O2. The van der Waals surface area contributed by atoms with Crippen molar-refractivity contribution in [3.8, 4) is 0 Å². The Kier molecular flexibility index (Phi) is 4.04. The van der Waals surface area contributed by atoms with Crippen LogP contribution in [0.15, 0.2) is 39.7 Å². The standard InChI is InChI=1S/C14H12BrFN2O2/c1-8-5-10(15)11(16)7-12(8)17-14(20)9-3-4-18(2)13(19)6-9/h3-7H,1-2H3,(H,17,20). The van der Waals surface area contributed by atoms with Crippen molar-refractivity contribution in [3.05, 3.63) is 62.2 Å². The van der Waals surface area contributed by atoms with Crippen LogP contribution in [0.25, 0.3) is 0 Å². The topological polar surface area (TPSA) is 51.1 Å². The number of rotatable bonds is 2. The maximum atomic E-state index is 13.5. The number of anilines is 1. The molecule has 0 saturated heterocycles. The molecule has 1 heterocycles. The van der Waals surface area contributed by atoms with Gasteiger partial charge in [0.25, 0.3) is 11.5 Å². The van der Waals surface area contributed by atoms with Crippen molar-refractivity contribution >= 4 is 27.5 Å². The van der Waals surface area contributed by atoms with Gasteiger partial charge in [0.1, 0.15) is 5.82 Å². The number of aryl methyl sites for hydroxylation is 2. The molecule has 1 N–H and O–H groups in total. The van der Waals surface area contributed by atoms with Crippen LogP contribution in [-0.2, 0) is 7.05 Å². The molecule has 0 fully saturated rings. The Balaban J connectivity index is 2.30. The highest BCUT2D eigenvalue weighted by Gasteiger charge is 2.11. The van der Waals surface area contributed by atoms with E-state index in [1.54, 1.807) is 20.0 Å². The van der Waals surface area contributed by atoms with Gasteiger partial charge < -0.3 is 9.88 Å². The number of hydrogen-bond acceptors (Lipinski definition) is 2.